The highest BCUT2D eigenvalue weighted by Crippen LogP contribution is 2.32. The molecular formula is C22H25NO3S. The number of para-hydroxylation sites is 1. The van der Waals surface area contributed by atoms with Crippen molar-refractivity contribution in [3.05, 3.63) is 59.2 Å². The zero-order valence-electron chi connectivity index (χ0n) is 16.2. The number of carbonyl (C=O) groups excluding carboxylic acids is 2. The van der Waals surface area contributed by atoms with E-state index in [9.17, 15) is 9.59 Å². The van der Waals surface area contributed by atoms with Crippen LogP contribution in [0.1, 0.15) is 30.5 Å². The second kappa shape index (κ2) is 8.17. The molecule has 0 spiro atoms. The minimum atomic E-state index is -0.800. The van der Waals surface area contributed by atoms with Crippen LogP contribution in [0, 0.1) is 13.8 Å². The van der Waals surface area contributed by atoms with Gasteiger partial charge in [0.1, 0.15) is 0 Å². The second-order valence-corrected chi connectivity index (χ2v) is 8.10. The fraction of sp³-hybridized carbons (Fsp3) is 0.364. The van der Waals surface area contributed by atoms with Gasteiger partial charge in [0.2, 0.25) is 0 Å². The highest BCUT2D eigenvalue weighted by molar-refractivity contribution is 8.00. The van der Waals surface area contributed by atoms with Crippen LogP contribution in [-0.2, 0) is 20.7 Å². The van der Waals surface area contributed by atoms with Gasteiger partial charge in [-0.15, -0.1) is 11.8 Å². The Kier molecular flexibility index (Phi) is 5.90. The molecular weight excluding hydrogens is 358 g/mol. The van der Waals surface area contributed by atoms with E-state index in [0.717, 1.165) is 28.1 Å². The summed E-state index contributed by atoms with van der Waals surface area (Å²) in [4.78, 5) is 27.9. The number of carbonyl (C=O) groups is 2. The number of fused-ring (bicyclic) bond motifs is 1. The van der Waals surface area contributed by atoms with E-state index >= 15 is 0 Å². The molecule has 5 heteroatoms. The maximum Gasteiger partial charge on any atom is 0.317 e. The zero-order valence-corrected chi connectivity index (χ0v) is 17.0. The van der Waals surface area contributed by atoms with E-state index < -0.39 is 6.10 Å². The Bertz CT molecular complexity index is 864. The van der Waals surface area contributed by atoms with Crippen molar-refractivity contribution >= 4 is 29.3 Å². The summed E-state index contributed by atoms with van der Waals surface area (Å²) < 4.78 is 5.42. The van der Waals surface area contributed by atoms with Crippen LogP contribution in [0.2, 0.25) is 0 Å². The van der Waals surface area contributed by atoms with Gasteiger partial charge in [0.25, 0.3) is 5.91 Å². The minimum Gasteiger partial charge on any atom is -0.452 e. The topological polar surface area (TPSA) is 46.6 Å². The van der Waals surface area contributed by atoms with Crippen molar-refractivity contribution < 1.29 is 14.3 Å². The van der Waals surface area contributed by atoms with E-state index in [2.05, 4.69) is 6.07 Å². The molecule has 0 N–H and O–H groups in total. The fourth-order valence-electron chi connectivity index (χ4n) is 3.48. The van der Waals surface area contributed by atoms with Gasteiger partial charge in [0.05, 0.1) is 5.75 Å². The Morgan fingerprint density at radius 3 is 2.70 bits per heavy atom. The first-order chi connectivity index (χ1) is 12.9. The third-order valence-corrected chi connectivity index (χ3v) is 5.93. The zero-order chi connectivity index (χ0) is 19.6. The average molecular weight is 384 g/mol. The first-order valence-corrected chi connectivity index (χ1v) is 10.2. The SMILES string of the molecule is Cc1ccc(SCC(=O)O[C@H](C)C(=O)N2c3ccccc3C[C@@H]2C)c(C)c1. The Morgan fingerprint density at radius 1 is 1.22 bits per heavy atom. The molecule has 0 saturated carbocycles. The molecule has 142 valence electrons. The van der Waals surface area contributed by atoms with Crippen LogP contribution in [0.15, 0.2) is 47.4 Å². The predicted molar refractivity (Wildman–Crippen MR) is 109 cm³/mol. The number of nitrogens with zero attached hydrogens (tertiary/aromatic N) is 1. The molecule has 1 amide bonds. The van der Waals surface area contributed by atoms with Crippen LogP contribution in [0.5, 0.6) is 0 Å². The smallest absolute Gasteiger partial charge is 0.317 e. The summed E-state index contributed by atoms with van der Waals surface area (Å²) >= 11 is 1.44. The Morgan fingerprint density at radius 2 is 1.96 bits per heavy atom. The van der Waals surface area contributed by atoms with Gasteiger partial charge in [0.15, 0.2) is 6.10 Å². The molecule has 4 nitrogen and oxygen atoms in total. The number of amides is 1. The van der Waals surface area contributed by atoms with Crippen molar-refractivity contribution in [1.29, 1.82) is 0 Å². The lowest BCUT2D eigenvalue weighted by Crippen LogP contribution is -2.43. The Hall–Kier alpha value is -2.27. The molecule has 2 atom stereocenters. The number of hydrogen-bond acceptors (Lipinski definition) is 4. The summed E-state index contributed by atoms with van der Waals surface area (Å²) in [5.74, 6) is -0.355. The van der Waals surface area contributed by atoms with E-state index in [4.69, 9.17) is 4.74 Å². The number of hydrogen-bond donors (Lipinski definition) is 0. The monoisotopic (exact) mass is 383 g/mol. The molecule has 2 aromatic carbocycles. The number of anilines is 1. The van der Waals surface area contributed by atoms with Gasteiger partial charge in [-0.2, -0.15) is 0 Å². The van der Waals surface area contributed by atoms with Crippen LogP contribution in [-0.4, -0.2) is 29.8 Å². The first kappa shape index (κ1) is 19.5. The van der Waals surface area contributed by atoms with Crippen molar-refractivity contribution in [2.75, 3.05) is 10.7 Å². The molecule has 0 unspecified atom stereocenters. The van der Waals surface area contributed by atoms with Crippen molar-refractivity contribution in [3.8, 4) is 0 Å². The summed E-state index contributed by atoms with van der Waals surface area (Å²) in [5, 5.41) is 0. The van der Waals surface area contributed by atoms with Crippen LogP contribution >= 0.6 is 11.8 Å². The summed E-state index contributed by atoms with van der Waals surface area (Å²) in [6, 6.07) is 14.1. The number of ether oxygens (including phenoxy) is 1. The van der Waals surface area contributed by atoms with Gasteiger partial charge < -0.3 is 9.64 Å². The van der Waals surface area contributed by atoms with Gasteiger partial charge >= 0.3 is 5.97 Å². The quantitative estimate of drug-likeness (QED) is 0.570. The number of thioether (sulfide) groups is 1. The molecule has 1 aliphatic rings. The van der Waals surface area contributed by atoms with E-state index in [0.29, 0.717) is 0 Å². The van der Waals surface area contributed by atoms with Gasteiger partial charge in [-0.05, 0) is 57.4 Å². The lowest BCUT2D eigenvalue weighted by Gasteiger charge is -2.25. The summed E-state index contributed by atoms with van der Waals surface area (Å²) in [6.45, 7) is 7.73. The predicted octanol–water partition coefficient (Wildman–Crippen LogP) is 4.31. The lowest BCUT2D eigenvalue weighted by atomic mass is 10.1. The van der Waals surface area contributed by atoms with Gasteiger partial charge in [-0.25, -0.2) is 0 Å². The van der Waals surface area contributed by atoms with Crippen molar-refractivity contribution in [2.24, 2.45) is 0 Å². The maximum atomic E-state index is 12.9. The van der Waals surface area contributed by atoms with Gasteiger partial charge in [-0.1, -0.05) is 35.9 Å². The van der Waals surface area contributed by atoms with Crippen molar-refractivity contribution in [2.45, 2.75) is 51.2 Å². The van der Waals surface area contributed by atoms with Gasteiger partial charge in [0, 0.05) is 16.6 Å². The van der Waals surface area contributed by atoms with E-state index in [1.165, 1.54) is 17.3 Å². The molecule has 0 bridgehead atoms. The first-order valence-electron chi connectivity index (χ1n) is 9.17. The average Bonchev–Trinajstić information content (AvgIpc) is 2.96. The second-order valence-electron chi connectivity index (χ2n) is 7.08. The Labute approximate surface area is 164 Å². The molecule has 1 aliphatic heterocycles. The van der Waals surface area contributed by atoms with Gasteiger partial charge in [-0.3, -0.25) is 9.59 Å². The molecule has 0 aromatic heterocycles. The summed E-state index contributed by atoms with van der Waals surface area (Å²) in [6.07, 6.45) is 0.0244. The number of esters is 1. The van der Waals surface area contributed by atoms with E-state index in [1.54, 1.807) is 11.8 Å². The van der Waals surface area contributed by atoms with Crippen LogP contribution < -0.4 is 4.90 Å². The molecule has 2 aromatic rings. The highest BCUT2D eigenvalue weighted by Gasteiger charge is 2.34. The molecule has 1 heterocycles. The highest BCUT2D eigenvalue weighted by atomic mass is 32.2. The molecule has 0 aliphatic carbocycles. The summed E-state index contributed by atoms with van der Waals surface area (Å²) in [7, 11) is 0. The lowest BCUT2D eigenvalue weighted by molar-refractivity contribution is -0.151. The molecule has 0 radical (unpaired) electrons. The Balaban J connectivity index is 1.59. The molecule has 0 saturated heterocycles. The molecule has 3 rings (SSSR count). The number of benzene rings is 2. The third-order valence-electron chi connectivity index (χ3n) is 4.78. The normalized spacial score (nSPS) is 16.7. The number of rotatable bonds is 5. The minimum absolute atomic E-state index is 0.0700. The fourth-order valence-corrected chi connectivity index (χ4v) is 4.27. The maximum absolute atomic E-state index is 12.9. The summed E-state index contributed by atoms with van der Waals surface area (Å²) in [5.41, 5.74) is 4.41. The molecule has 0 fully saturated rings. The largest absolute Gasteiger partial charge is 0.452 e. The van der Waals surface area contributed by atoms with Crippen LogP contribution in [0.4, 0.5) is 5.69 Å². The van der Waals surface area contributed by atoms with Crippen LogP contribution in [0.3, 0.4) is 0 Å². The van der Waals surface area contributed by atoms with E-state index in [-0.39, 0.29) is 23.7 Å². The van der Waals surface area contributed by atoms with E-state index in [1.807, 2.05) is 57.2 Å². The van der Waals surface area contributed by atoms with Crippen molar-refractivity contribution in [3.63, 3.8) is 0 Å². The van der Waals surface area contributed by atoms with Crippen LogP contribution in [0.25, 0.3) is 0 Å². The number of aryl methyl sites for hydroxylation is 2. The standard InChI is InChI=1S/C22H25NO3S/c1-14-9-10-20(15(2)11-14)27-13-21(24)26-17(4)22(25)23-16(3)12-18-7-5-6-8-19(18)23/h5-11,16-17H,12-13H2,1-4H3/t16-,17+/m0/s1. The van der Waals surface area contributed by atoms with Crippen molar-refractivity contribution in [1.82, 2.24) is 0 Å². The third kappa shape index (κ3) is 4.35. The molecule has 27 heavy (non-hydrogen) atoms.